The number of nitrogens with zero attached hydrogens (tertiary/aromatic N) is 1. The Bertz CT molecular complexity index is 463. The molecule has 2 fully saturated rings. The van der Waals surface area contributed by atoms with Gasteiger partial charge in [0.15, 0.2) is 11.5 Å². The van der Waals surface area contributed by atoms with Gasteiger partial charge >= 0.3 is 0 Å². The molecular formula is C16H26Cl2N2O2. The normalized spacial score (nSPS) is 19.7. The smallest absolute Gasteiger partial charge is 0.162 e. The van der Waals surface area contributed by atoms with E-state index in [1.807, 2.05) is 19.1 Å². The van der Waals surface area contributed by atoms with Gasteiger partial charge in [0.25, 0.3) is 0 Å². The summed E-state index contributed by atoms with van der Waals surface area (Å²) in [5.74, 6) is 1.64. The SMILES string of the molecule is CCOc1cccc([C@@H](C2CC2)N2CCNCC2)c1O.Cl.Cl. The fourth-order valence-corrected chi connectivity index (χ4v) is 3.17. The molecule has 2 N–H and O–H groups in total. The lowest BCUT2D eigenvalue weighted by atomic mass is 9.98. The van der Waals surface area contributed by atoms with E-state index in [9.17, 15) is 5.11 Å². The number of hydrogen-bond acceptors (Lipinski definition) is 4. The Kier molecular flexibility index (Phi) is 7.77. The van der Waals surface area contributed by atoms with Crippen molar-refractivity contribution in [1.82, 2.24) is 10.2 Å². The highest BCUT2D eigenvalue weighted by Crippen LogP contribution is 2.48. The summed E-state index contributed by atoms with van der Waals surface area (Å²) in [6.45, 7) is 6.71. The average molecular weight is 349 g/mol. The molecule has 1 heterocycles. The molecule has 6 heteroatoms. The van der Waals surface area contributed by atoms with Gasteiger partial charge in [0.1, 0.15) is 0 Å². The van der Waals surface area contributed by atoms with Gasteiger partial charge in [0.2, 0.25) is 0 Å². The van der Waals surface area contributed by atoms with Crippen LogP contribution in [0.2, 0.25) is 0 Å². The lowest BCUT2D eigenvalue weighted by molar-refractivity contribution is 0.153. The second-order valence-electron chi connectivity index (χ2n) is 5.70. The Morgan fingerprint density at radius 1 is 1.27 bits per heavy atom. The second kappa shape index (κ2) is 8.82. The molecule has 1 atom stereocenters. The summed E-state index contributed by atoms with van der Waals surface area (Å²) >= 11 is 0. The first kappa shape index (κ1) is 19.4. The summed E-state index contributed by atoms with van der Waals surface area (Å²) in [5.41, 5.74) is 1.04. The topological polar surface area (TPSA) is 44.7 Å². The van der Waals surface area contributed by atoms with E-state index in [1.54, 1.807) is 0 Å². The first-order valence-corrected chi connectivity index (χ1v) is 7.70. The van der Waals surface area contributed by atoms with Gasteiger partial charge in [0.05, 0.1) is 6.61 Å². The van der Waals surface area contributed by atoms with Crippen molar-refractivity contribution in [3.05, 3.63) is 23.8 Å². The number of rotatable bonds is 5. The summed E-state index contributed by atoms with van der Waals surface area (Å²) in [6, 6.07) is 6.25. The summed E-state index contributed by atoms with van der Waals surface area (Å²) in [6.07, 6.45) is 2.54. The highest BCUT2D eigenvalue weighted by Gasteiger charge is 2.38. The maximum Gasteiger partial charge on any atom is 0.162 e. The van der Waals surface area contributed by atoms with Crippen molar-refractivity contribution in [2.45, 2.75) is 25.8 Å². The Morgan fingerprint density at radius 2 is 1.95 bits per heavy atom. The molecule has 126 valence electrons. The molecule has 3 rings (SSSR count). The van der Waals surface area contributed by atoms with E-state index in [2.05, 4.69) is 16.3 Å². The van der Waals surface area contributed by atoms with Crippen molar-refractivity contribution < 1.29 is 9.84 Å². The van der Waals surface area contributed by atoms with Gasteiger partial charge in [0, 0.05) is 37.8 Å². The van der Waals surface area contributed by atoms with Gasteiger partial charge in [-0.1, -0.05) is 12.1 Å². The molecule has 1 aliphatic carbocycles. The van der Waals surface area contributed by atoms with E-state index in [-0.39, 0.29) is 24.8 Å². The van der Waals surface area contributed by atoms with Crippen LogP contribution >= 0.6 is 24.8 Å². The van der Waals surface area contributed by atoms with Crippen molar-refractivity contribution in [3.8, 4) is 11.5 Å². The van der Waals surface area contributed by atoms with Gasteiger partial charge in [-0.3, -0.25) is 4.90 Å². The Morgan fingerprint density at radius 3 is 2.55 bits per heavy atom. The summed E-state index contributed by atoms with van der Waals surface area (Å²) in [4.78, 5) is 2.51. The number of benzene rings is 1. The predicted octanol–water partition coefficient (Wildman–Crippen LogP) is 2.99. The molecule has 2 aliphatic rings. The minimum absolute atomic E-state index is 0. The molecule has 1 aromatic carbocycles. The lowest BCUT2D eigenvalue weighted by Crippen LogP contribution is -2.45. The van der Waals surface area contributed by atoms with Crippen LogP contribution in [0.5, 0.6) is 11.5 Å². The van der Waals surface area contributed by atoms with E-state index in [0.29, 0.717) is 30.1 Å². The quantitative estimate of drug-likeness (QED) is 0.858. The van der Waals surface area contributed by atoms with Crippen molar-refractivity contribution in [3.63, 3.8) is 0 Å². The zero-order valence-corrected chi connectivity index (χ0v) is 14.6. The van der Waals surface area contributed by atoms with Crippen LogP contribution < -0.4 is 10.1 Å². The molecule has 1 aromatic rings. The van der Waals surface area contributed by atoms with Crippen molar-refractivity contribution in [2.24, 2.45) is 5.92 Å². The number of phenolic OH excluding ortho intramolecular Hbond substituents is 1. The summed E-state index contributed by atoms with van der Waals surface area (Å²) in [5, 5.41) is 13.9. The Balaban J connectivity index is 0.00000121. The van der Waals surface area contributed by atoms with Gasteiger partial charge in [-0.05, 0) is 31.7 Å². The third-order valence-corrected chi connectivity index (χ3v) is 4.26. The van der Waals surface area contributed by atoms with E-state index in [0.717, 1.165) is 31.7 Å². The maximum atomic E-state index is 10.5. The Hall–Kier alpha value is -0.680. The fourth-order valence-electron chi connectivity index (χ4n) is 3.17. The fraction of sp³-hybridized carbons (Fsp3) is 0.625. The zero-order valence-electron chi connectivity index (χ0n) is 13.0. The third-order valence-electron chi connectivity index (χ3n) is 4.26. The number of para-hydroxylation sites is 1. The number of aromatic hydroxyl groups is 1. The van der Waals surface area contributed by atoms with Crippen LogP contribution in [0.15, 0.2) is 18.2 Å². The number of phenols is 1. The first-order chi connectivity index (χ1) is 9.81. The highest BCUT2D eigenvalue weighted by molar-refractivity contribution is 5.85. The highest BCUT2D eigenvalue weighted by atomic mass is 35.5. The molecule has 1 aliphatic heterocycles. The monoisotopic (exact) mass is 348 g/mol. The number of piperazine rings is 1. The molecule has 0 unspecified atom stereocenters. The second-order valence-corrected chi connectivity index (χ2v) is 5.70. The number of nitrogens with one attached hydrogen (secondary N) is 1. The average Bonchev–Trinajstić information content (AvgIpc) is 3.29. The van der Waals surface area contributed by atoms with Gasteiger partial charge in [-0.2, -0.15) is 0 Å². The molecule has 1 saturated heterocycles. The molecule has 0 spiro atoms. The number of ether oxygens (including phenoxy) is 1. The van der Waals surface area contributed by atoms with E-state index in [1.165, 1.54) is 12.8 Å². The molecule has 0 amide bonds. The third kappa shape index (κ3) is 4.19. The van der Waals surface area contributed by atoms with Crippen LogP contribution in [0.1, 0.15) is 31.4 Å². The largest absolute Gasteiger partial charge is 0.504 e. The zero-order chi connectivity index (χ0) is 13.9. The minimum atomic E-state index is 0. The van der Waals surface area contributed by atoms with Crippen LogP contribution in [0.25, 0.3) is 0 Å². The number of hydrogen-bond donors (Lipinski definition) is 2. The van der Waals surface area contributed by atoms with Gasteiger partial charge in [-0.15, -0.1) is 24.8 Å². The molecule has 1 saturated carbocycles. The van der Waals surface area contributed by atoms with E-state index >= 15 is 0 Å². The van der Waals surface area contributed by atoms with Gasteiger partial charge < -0.3 is 15.2 Å². The van der Waals surface area contributed by atoms with Crippen molar-refractivity contribution in [1.29, 1.82) is 0 Å². The van der Waals surface area contributed by atoms with Crippen LogP contribution in [0.3, 0.4) is 0 Å². The van der Waals surface area contributed by atoms with Gasteiger partial charge in [-0.25, -0.2) is 0 Å². The summed E-state index contributed by atoms with van der Waals surface area (Å²) in [7, 11) is 0. The first-order valence-electron chi connectivity index (χ1n) is 7.70. The molecular weight excluding hydrogens is 323 g/mol. The van der Waals surface area contributed by atoms with Crippen molar-refractivity contribution in [2.75, 3.05) is 32.8 Å². The van der Waals surface area contributed by atoms with E-state index in [4.69, 9.17) is 4.74 Å². The van der Waals surface area contributed by atoms with Crippen LogP contribution in [0, 0.1) is 5.92 Å². The predicted molar refractivity (Wildman–Crippen MR) is 93.7 cm³/mol. The van der Waals surface area contributed by atoms with Crippen LogP contribution in [0.4, 0.5) is 0 Å². The molecule has 0 aromatic heterocycles. The van der Waals surface area contributed by atoms with Crippen LogP contribution in [-0.2, 0) is 0 Å². The minimum Gasteiger partial charge on any atom is -0.504 e. The number of halogens is 2. The molecule has 4 nitrogen and oxygen atoms in total. The molecule has 0 radical (unpaired) electrons. The van der Waals surface area contributed by atoms with E-state index < -0.39 is 0 Å². The summed E-state index contributed by atoms with van der Waals surface area (Å²) < 4.78 is 5.53. The van der Waals surface area contributed by atoms with Crippen molar-refractivity contribution >= 4 is 24.8 Å². The molecule has 0 bridgehead atoms. The molecule has 22 heavy (non-hydrogen) atoms. The standard InChI is InChI=1S/C16H24N2O2.2ClH/c1-2-20-14-5-3-4-13(16(14)19)15(12-6-7-12)18-10-8-17-9-11-18;;/h3-5,12,15,17,19H,2,6-11H2,1H3;2*1H/t15-;;/m1../s1. The maximum absolute atomic E-state index is 10.5. The lowest BCUT2D eigenvalue weighted by Gasteiger charge is -2.35. The Labute approximate surface area is 145 Å². The van der Waals surface area contributed by atoms with Crippen LogP contribution in [-0.4, -0.2) is 42.8 Å².